The highest BCUT2D eigenvalue weighted by Gasteiger charge is 2.23. The van der Waals surface area contributed by atoms with Gasteiger partial charge in [0.15, 0.2) is 5.82 Å². The Balaban J connectivity index is 1.54. The number of aromatic nitrogens is 2. The van der Waals surface area contributed by atoms with E-state index in [9.17, 15) is 9.90 Å². The highest BCUT2D eigenvalue weighted by Crippen LogP contribution is 2.35. The van der Waals surface area contributed by atoms with Crippen molar-refractivity contribution in [1.29, 1.82) is 0 Å². The van der Waals surface area contributed by atoms with Crippen molar-refractivity contribution in [2.75, 3.05) is 5.32 Å². The van der Waals surface area contributed by atoms with Crippen LogP contribution < -0.4 is 5.32 Å². The third-order valence-electron chi connectivity index (χ3n) is 5.55. The van der Waals surface area contributed by atoms with E-state index in [1.807, 2.05) is 36.4 Å². The fourth-order valence-corrected chi connectivity index (χ4v) is 4.22. The number of nitrogens with zero attached hydrogens (tertiary/aromatic N) is 2. The number of rotatable bonds is 4. The van der Waals surface area contributed by atoms with Gasteiger partial charge in [0, 0.05) is 15.6 Å². The number of carbonyl (C=O) groups is 1. The van der Waals surface area contributed by atoms with E-state index in [1.165, 1.54) is 5.56 Å². The first-order valence-corrected chi connectivity index (χ1v) is 11.2. The van der Waals surface area contributed by atoms with Gasteiger partial charge in [0.25, 0.3) is 0 Å². The molecule has 0 atom stereocenters. The van der Waals surface area contributed by atoms with Crippen LogP contribution in [-0.2, 0) is 24.1 Å². The Hall–Kier alpha value is -3.51. The zero-order chi connectivity index (χ0) is 22.1. The van der Waals surface area contributed by atoms with Crippen LogP contribution in [0.5, 0.6) is 5.75 Å². The molecule has 1 amide bonds. The van der Waals surface area contributed by atoms with Crippen LogP contribution >= 0.6 is 15.9 Å². The molecule has 2 N–H and O–H groups in total. The molecule has 4 aromatic rings. The largest absolute Gasteiger partial charge is 0.508 e. The van der Waals surface area contributed by atoms with Crippen LogP contribution in [0.4, 0.5) is 5.82 Å². The van der Waals surface area contributed by atoms with Crippen LogP contribution in [0.25, 0.3) is 22.5 Å². The van der Waals surface area contributed by atoms with Gasteiger partial charge in [-0.25, -0.2) is 9.97 Å². The van der Waals surface area contributed by atoms with Gasteiger partial charge in [0.2, 0.25) is 5.91 Å². The van der Waals surface area contributed by atoms with Gasteiger partial charge in [-0.05, 0) is 60.4 Å². The first kappa shape index (κ1) is 20.4. The molecule has 5 nitrogen and oxygen atoms in total. The van der Waals surface area contributed by atoms with Crippen molar-refractivity contribution < 1.29 is 9.90 Å². The molecule has 3 aromatic carbocycles. The molecule has 1 aliphatic carbocycles. The van der Waals surface area contributed by atoms with Crippen LogP contribution in [0.1, 0.15) is 16.8 Å². The highest BCUT2D eigenvalue weighted by atomic mass is 79.9. The van der Waals surface area contributed by atoms with E-state index < -0.39 is 0 Å². The van der Waals surface area contributed by atoms with E-state index in [4.69, 9.17) is 9.97 Å². The molecule has 0 fully saturated rings. The molecular weight excluding hydrogens is 466 g/mol. The summed E-state index contributed by atoms with van der Waals surface area (Å²) in [6.45, 7) is 0. The van der Waals surface area contributed by atoms with E-state index >= 15 is 0 Å². The lowest BCUT2D eigenvalue weighted by atomic mass is 9.91. The van der Waals surface area contributed by atoms with Crippen LogP contribution in [0.3, 0.4) is 0 Å². The predicted molar refractivity (Wildman–Crippen MR) is 128 cm³/mol. The zero-order valence-electron chi connectivity index (χ0n) is 17.2. The maximum Gasteiger partial charge on any atom is 0.230 e. The van der Waals surface area contributed by atoms with Gasteiger partial charge >= 0.3 is 0 Å². The lowest BCUT2D eigenvalue weighted by molar-refractivity contribution is -0.115. The molecule has 0 bridgehead atoms. The summed E-state index contributed by atoms with van der Waals surface area (Å²) in [6, 6.07) is 22.7. The third kappa shape index (κ3) is 4.14. The number of nitrogens with one attached hydrogen (secondary N) is 1. The number of amides is 1. The standard InChI is InChI=1S/C26H20BrN3O2/c27-19-10-5-16(6-11-19)15-23(32)29-26-24(18-7-12-20(31)13-8-18)30-25-21-4-2-1-3-17(21)9-14-22(25)28-26/h1-8,10-13,31H,9,14-15H2,(H,28,29,32). The molecular formula is C26H20BrN3O2. The Morgan fingerprint density at radius 3 is 2.44 bits per heavy atom. The Morgan fingerprint density at radius 1 is 0.906 bits per heavy atom. The Bertz CT molecular complexity index is 1300. The molecule has 5 rings (SSSR count). The smallest absolute Gasteiger partial charge is 0.230 e. The summed E-state index contributed by atoms with van der Waals surface area (Å²) in [6.07, 6.45) is 1.90. The minimum atomic E-state index is -0.155. The summed E-state index contributed by atoms with van der Waals surface area (Å²) in [5.41, 5.74) is 6.33. The number of hydrogen-bond acceptors (Lipinski definition) is 4. The van der Waals surface area contributed by atoms with E-state index in [-0.39, 0.29) is 18.1 Å². The van der Waals surface area contributed by atoms with Gasteiger partial charge in [-0.3, -0.25) is 4.79 Å². The molecule has 0 saturated carbocycles. The number of phenols is 1. The number of anilines is 1. The summed E-state index contributed by atoms with van der Waals surface area (Å²) in [7, 11) is 0. The Morgan fingerprint density at radius 2 is 1.66 bits per heavy atom. The zero-order valence-corrected chi connectivity index (χ0v) is 18.8. The van der Waals surface area contributed by atoms with Crippen molar-refractivity contribution in [3.8, 4) is 28.3 Å². The summed E-state index contributed by atoms with van der Waals surface area (Å²) in [5.74, 6) is 0.458. The molecule has 32 heavy (non-hydrogen) atoms. The van der Waals surface area contributed by atoms with Crippen LogP contribution in [-0.4, -0.2) is 21.0 Å². The number of benzene rings is 3. The minimum Gasteiger partial charge on any atom is -0.508 e. The molecule has 1 aliphatic rings. The first-order chi connectivity index (χ1) is 15.6. The lowest BCUT2D eigenvalue weighted by Gasteiger charge is -2.21. The number of phenolic OH excluding ortho intramolecular Hbond substituents is 1. The number of aromatic hydroxyl groups is 1. The SMILES string of the molecule is O=C(Cc1ccc(Br)cc1)Nc1nc2c(nc1-c1ccc(O)cc1)-c1ccccc1CC2. The Labute approximate surface area is 194 Å². The first-order valence-electron chi connectivity index (χ1n) is 10.4. The van der Waals surface area contributed by atoms with E-state index in [1.54, 1.807) is 24.3 Å². The summed E-state index contributed by atoms with van der Waals surface area (Å²) < 4.78 is 0.970. The highest BCUT2D eigenvalue weighted by molar-refractivity contribution is 9.10. The van der Waals surface area contributed by atoms with Gasteiger partial charge in [0.05, 0.1) is 17.8 Å². The average molecular weight is 486 g/mol. The fraction of sp³-hybridized carbons (Fsp3) is 0.115. The van der Waals surface area contributed by atoms with Crippen molar-refractivity contribution in [3.05, 3.63) is 94.1 Å². The van der Waals surface area contributed by atoms with Gasteiger partial charge in [-0.1, -0.05) is 52.3 Å². The van der Waals surface area contributed by atoms with Crippen LogP contribution in [0, 0.1) is 0 Å². The molecule has 0 radical (unpaired) electrons. The lowest BCUT2D eigenvalue weighted by Crippen LogP contribution is -2.18. The second-order valence-corrected chi connectivity index (χ2v) is 8.69. The molecule has 0 unspecified atom stereocenters. The summed E-state index contributed by atoms with van der Waals surface area (Å²) in [5, 5.41) is 12.7. The summed E-state index contributed by atoms with van der Waals surface area (Å²) >= 11 is 3.42. The van der Waals surface area contributed by atoms with Crippen molar-refractivity contribution in [2.24, 2.45) is 0 Å². The fourth-order valence-electron chi connectivity index (χ4n) is 3.95. The monoisotopic (exact) mass is 485 g/mol. The number of fused-ring (bicyclic) bond motifs is 3. The van der Waals surface area contributed by atoms with Gasteiger partial charge in [-0.2, -0.15) is 0 Å². The van der Waals surface area contributed by atoms with E-state index in [0.29, 0.717) is 11.5 Å². The van der Waals surface area contributed by atoms with E-state index in [2.05, 4.69) is 33.4 Å². The third-order valence-corrected chi connectivity index (χ3v) is 6.08. The molecule has 0 saturated heterocycles. The second-order valence-electron chi connectivity index (χ2n) is 7.77. The minimum absolute atomic E-state index is 0.155. The number of aryl methyl sites for hydroxylation is 2. The van der Waals surface area contributed by atoms with Crippen LogP contribution in [0.2, 0.25) is 0 Å². The second kappa shape index (κ2) is 8.55. The van der Waals surface area contributed by atoms with Crippen molar-refractivity contribution >= 4 is 27.7 Å². The number of carbonyl (C=O) groups excluding carboxylic acids is 1. The van der Waals surface area contributed by atoms with Gasteiger partial charge < -0.3 is 10.4 Å². The number of hydrogen-bond donors (Lipinski definition) is 2. The van der Waals surface area contributed by atoms with Crippen molar-refractivity contribution in [3.63, 3.8) is 0 Å². The van der Waals surface area contributed by atoms with Crippen molar-refractivity contribution in [1.82, 2.24) is 9.97 Å². The average Bonchev–Trinajstić information content (AvgIpc) is 2.80. The maximum atomic E-state index is 12.8. The number of halogens is 1. The molecule has 158 valence electrons. The molecule has 1 aromatic heterocycles. The quantitative estimate of drug-likeness (QED) is 0.396. The normalized spacial score (nSPS) is 12.0. The predicted octanol–water partition coefficient (Wildman–Crippen LogP) is 5.56. The molecule has 0 aliphatic heterocycles. The molecule has 1 heterocycles. The van der Waals surface area contributed by atoms with E-state index in [0.717, 1.165) is 45.4 Å². The molecule has 0 spiro atoms. The molecule has 6 heteroatoms. The van der Waals surface area contributed by atoms with Crippen LogP contribution in [0.15, 0.2) is 77.3 Å². The topological polar surface area (TPSA) is 75.1 Å². The van der Waals surface area contributed by atoms with Crippen molar-refractivity contribution in [2.45, 2.75) is 19.3 Å². The summed E-state index contributed by atoms with van der Waals surface area (Å²) in [4.78, 5) is 22.6. The maximum absolute atomic E-state index is 12.8. The van der Waals surface area contributed by atoms with Gasteiger partial charge in [0.1, 0.15) is 11.4 Å². The van der Waals surface area contributed by atoms with Gasteiger partial charge in [-0.15, -0.1) is 0 Å². The Kier molecular flexibility index (Phi) is 5.45.